The minimum Gasteiger partial charge on any atom is -0.376 e. The molecule has 0 saturated heterocycles. The second-order valence-electron chi connectivity index (χ2n) is 2.24. The second kappa shape index (κ2) is 4.91. The van der Waals surface area contributed by atoms with Gasteiger partial charge in [-0.15, -0.1) is 11.3 Å². The van der Waals surface area contributed by atoms with E-state index in [2.05, 4.69) is 34.3 Å². The molecule has 0 aromatic carbocycles. The van der Waals surface area contributed by atoms with Crippen LogP contribution in [0.1, 0.15) is 18.2 Å². The van der Waals surface area contributed by atoms with Crippen molar-refractivity contribution in [1.82, 2.24) is 0 Å². The van der Waals surface area contributed by atoms with Gasteiger partial charge in [0.1, 0.15) is 0 Å². The van der Waals surface area contributed by atoms with Crippen LogP contribution in [0.2, 0.25) is 0 Å². The molecule has 0 atom stereocenters. The highest BCUT2D eigenvalue weighted by atomic mass is 79.9. The monoisotopic (exact) mass is 234 g/mol. The summed E-state index contributed by atoms with van der Waals surface area (Å²) in [6.07, 6.45) is 1.09. The summed E-state index contributed by atoms with van der Waals surface area (Å²) >= 11 is 5.18. The number of ether oxygens (including phenoxy) is 1. The van der Waals surface area contributed by atoms with Gasteiger partial charge in [0.15, 0.2) is 0 Å². The topological polar surface area (TPSA) is 9.23 Å². The number of hydrogen-bond acceptors (Lipinski definition) is 2. The molecule has 0 saturated carbocycles. The van der Waals surface area contributed by atoms with Gasteiger partial charge >= 0.3 is 0 Å². The maximum atomic E-state index is 5.39. The van der Waals surface area contributed by atoms with E-state index in [0.717, 1.165) is 19.6 Å². The molecule has 3 heteroatoms. The first-order valence-corrected chi connectivity index (χ1v) is 5.31. The first-order valence-electron chi connectivity index (χ1n) is 3.64. The lowest BCUT2D eigenvalue weighted by molar-refractivity contribution is 0.123. The van der Waals surface area contributed by atoms with Crippen molar-refractivity contribution < 1.29 is 4.74 Å². The van der Waals surface area contributed by atoms with E-state index >= 15 is 0 Å². The van der Waals surface area contributed by atoms with Gasteiger partial charge in [-0.2, -0.15) is 0 Å². The Balaban J connectivity index is 2.32. The van der Waals surface area contributed by atoms with E-state index in [1.807, 2.05) is 0 Å². The van der Waals surface area contributed by atoms with Gasteiger partial charge in [0.2, 0.25) is 0 Å². The van der Waals surface area contributed by atoms with Crippen molar-refractivity contribution in [2.75, 3.05) is 6.61 Å². The van der Waals surface area contributed by atoms with Crippen LogP contribution in [0.5, 0.6) is 0 Å². The van der Waals surface area contributed by atoms with Gasteiger partial charge in [-0.25, -0.2) is 0 Å². The molecule has 0 amide bonds. The molecule has 0 aliphatic carbocycles. The molecule has 0 N–H and O–H groups in total. The van der Waals surface area contributed by atoms with E-state index in [9.17, 15) is 0 Å². The second-order valence-corrected chi connectivity index (χ2v) is 4.10. The summed E-state index contributed by atoms with van der Waals surface area (Å²) in [4.78, 5) is 1.28. The van der Waals surface area contributed by atoms with E-state index in [1.165, 1.54) is 9.35 Å². The Bertz CT molecular complexity index is 210. The molecule has 1 heterocycles. The van der Waals surface area contributed by atoms with Gasteiger partial charge in [-0.1, -0.05) is 6.92 Å². The lowest BCUT2D eigenvalue weighted by Crippen LogP contribution is -1.91. The Morgan fingerprint density at radius 2 is 2.45 bits per heavy atom. The highest BCUT2D eigenvalue weighted by molar-refractivity contribution is 9.10. The van der Waals surface area contributed by atoms with E-state index in [0.29, 0.717) is 0 Å². The predicted octanol–water partition coefficient (Wildman–Crippen LogP) is 3.44. The average molecular weight is 235 g/mol. The fourth-order valence-electron chi connectivity index (χ4n) is 0.737. The summed E-state index contributed by atoms with van der Waals surface area (Å²) in [5, 5.41) is 2.06. The SMILES string of the molecule is CCCOCc1sccc1Br. The summed E-state index contributed by atoms with van der Waals surface area (Å²) in [7, 11) is 0. The van der Waals surface area contributed by atoms with E-state index < -0.39 is 0 Å². The van der Waals surface area contributed by atoms with Crippen molar-refractivity contribution in [3.8, 4) is 0 Å². The lowest BCUT2D eigenvalue weighted by atomic mass is 10.5. The van der Waals surface area contributed by atoms with E-state index in [4.69, 9.17) is 4.74 Å². The number of rotatable bonds is 4. The zero-order chi connectivity index (χ0) is 8.10. The summed E-state index contributed by atoms with van der Waals surface area (Å²) in [6, 6.07) is 2.05. The largest absolute Gasteiger partial charge is 0.376 e. The summed E-state index contributed by atoms with van der Waals surface area (Å²) < 4.78 is 6.55. The fourth-order valence-corrected chi connectivity index (χ4v) is 2.14. The maximum absolute atomic E-state index is 5.39. The van der Waals surface area contributed by atoms with Crippen molar-refractivity contribution in [3.05, 3.63) is 20.8 Å². The van der Waals surface area contributed by atoms with Crippen molar-refractivity contribution in [2.24, 2.45) is 0 Å². The molecule has 0 aliphatic rings. The van der Waals surface area contributed by atoms with Crippen LogP contribution in [0.25, 0.3) is 0 Å². The Morgan fingerprint density at radius 3 is 3.00 bits per heavy atom. The molecule has 1 aromatic heterocycles. The Kier molecular flexibility index (Phi) is 4.12. The molecule has 1 aromatic rings. The van der Waals surface area contributed by atoms with Gasteiger partial charge in [-0.3, -0.25) is 0 Å². The van der Waals surface area contributed by atoms with Gasteiger partial charge in [0, 0.05) is 16.0 Å². The minimum absolute atomic E-state index is 0.742. The van der Waals surface area contributed by atoms with Gasteiger partial charge in [0.05, 0.1) is 6.61 Å². The molecule has 0 bridgehead atoms. The smallest absolute Gasteiger partial charge is 0.0820 e. The molecule has 0 spiro atoms. The van der Waals surface area contributed by atoms with Crippen molar-refractivity contribution in [1.29, 1.82) is 0 Å². The quantitative estimate of drug-likeness (QED) is 0.726. The zero-order valence-electron chi connectivity index (χ0n) is 6.47. The van der Waals surface area contributed by atoms with Gasteiger partial charge in [-0.05, 0) is 33.8 Å². The van der Waals surface area contributed by atoms with E-state index in [-0.39, 0.29) is 0 Å². The summed E-state index contributed by atoms with van der Waals surface area (Å²) in [5.41, 5.74) is 0. The first-order chi connectivity index (χ1) is 5.34. The van der Waals surface area contributed by atoms with Crippen molar-refractivity contribution in [2.45, 2.75) is 20.0 Å². The molecule has 11 heavy (non-hydrogen) atoms. The van der Waals surface area contributed by atoms with Crippen LogP contribution < -0.4 is 0 Å². The highest BCUT2D eigenvalue weighted by Crippen LogP contribution is 2.23. The molecular weight excluding hydrogens is 224 g/mol. The molecule has 0 fully saturated rings. The molecular formula is C8H11BrOS. The van der Waals surface area contributed by atoms with Gasteiger partial charge < -0.3 is 4.74 Å². The highest BCUT2D eigenvalue weighted by Gasteiger charge is 1.99. The summed E-state index contributed by atoms with van der Waals surface area (Å²) in [5.74, 6) is 0. The Labute approximate surface area is 79.5 Å². The van der Waals surface area contributed by atoms with Crippen LogP contribution in [-0.2, 0) is 11.3 Å². The molecule has 1 rings (SSSR count). The standard InChI is InChI=1S/C8H11BrOS/c1-2-4-10-6-8-7(9)3-5-11-8/h3,5H,2,4,6H2,1H3. The van der Waals surface area contributed by atoms with Crippen LogP contribution in [-0.4, -0.2) is 6.61 Å². The zero-order valence-corrected chi connectivity index (χ0v) is 8.87. The number of halogens is 1. The Hall–Kier alpha value is 0.140. The van der Waals surface area contributed by atoms with Crippen LogP contribution in [0, 0.1) is 0 Å². The fraction of sp³-hybridized carbons (Fsp3) is 0.500. The normalized spacial score (nSPS) is 10.4. The predicted molar refractivity (Wildman–Crippen MR) is 52.0 cm³/mol. The van der Waals surface area contributed by atoms with Crippen molar-refractivity contribution in [3.63, 3.8) is 0 Å². The maximum Gasteiger partial charge on any atom is 0.0820 e. The van der Waals surface area contributed by atoms with Crippen LogP contribution >= 0.6 is 27.3 Å². The molecule has 0 aliphatic heterocycles. The third kappa shape index (κ3) is 2.93. The van der Waals surface area contributed by atoms with Crippen LogP contribution in [0.4, 0.5) is 0 Å². The first kappa shape index (κ1) is 9.23. The third-order valence-corrected chi connectivity index (χ3v) is 3.17. The molecule has 0 unspecified atom stereocenters. The number of hydrogen-bond donors (Lipinski definition) is 0. The Morgan fingerprint density at radius 1 is 1.64 bits per heavy atom. The van der Waals surface area contributed by atoms with Crippen LogP contribution in [0.3, 0.4) is 0 Å². The molecule has 62 valence electrons. The lowest BCUT2D eigenvalue weighted by Gasteiger charge is -1.99. The third-order valence-electron chi connectivity index (χ3n) is 1.27. The van der Waals surface area contributed by atoms with Crippen LogP contribution in [0.15, 0.2) is 15.9 Å². The molecule has 0 radical (unpaired) electrons. The molecule has 1 nitrogen and oxygen atoms in total. The van der Waals surface area contributed by atoms with Crippen molar-refractivity contribution >= 4 is 27.3 Å². The minimum atomic E-state index is 0.742. The summed E-state index contributed by atoms with van der Waals surface area (Å²) in [6.45, 7) is 3.71. The van der Waals surface area contributed by atoms with E-state index in [1.54, 1.807) is 11.3 Å². The average Bonchev–Trinajstić information content (AvgIpc) is 2.37. The van der Waals surface area contributed by atoms with Gasteiger partial charge in [0.25, 0.3) is 0 Å². The number of thiophene rings is 1.